The normalized spacial score (nSPS) is 22.2. The summed E-state index contributed by atoms with van der Waals surface area (Å²) >= 11 is 0. The Bertz CT molecular complexity index is 1150. The van der Waals surface area contributed by atoms with Crippen LogP contribution in [0.5, 0.6) is 0 Å². The van der Waals surface area contributed by atoms with Gasteiger partial charge in [0.2, 0.25) is 0 Å². The number of sulfone groups is 1. The number of aromatic nitrogens is 2. The Balaban J connectivity index is 1.71. The molecular formula is C20H21F6N3O3S. The Labute approximate surface area is 185 Å². The molecule has 0 bridgehead atoms. The minimum Gasteiger partial charge on any atom is -0.346 e. The first-order valence-corrected chi connectivity index (χ1v) is 11.4. The van der Waals surface area contributed by atoms with E-state index in [-0.39, 0.29) is 31.4 Å². The van der Waals surface area contributed by atoms with Crippen molar-refractivity contribution in [3.63, 3.8) is 0 Å². The highest BCUT2D eigenvalue weighted by Gasteiger charge is 2.40. The molecule has 1 heterocycles. The van der Waals surface area contributed by atoms with Crippen molar-refractivity contribution in [2.45, 2.75) is 60.6 Å². The van der Waals surface area contributed by atoms with Gasteiger partial charge in [-0.1, -0.05) is 6.07 Å². The summed E-state index contributed by atoms with van der Waals surface area (Å²) in [6.45, 7) is 1.64. The zero-order chi connectivity index (χ0) is 24.8. The fraction of sp³-hybridized carbons (Fsp3) is 0.500. The summed E-state index contributed by atoms with van der Waals surface area (Å²) in [6.07, 6.45) is -8.92. The molecule has 0 atom stereocenters. The Hall–Kier alpha value is -2.57. The van der Waals surface area contributed by atoms with E-state index >= 15 is 0 Å². The van der Waals surface area contributed by atoms with E-state index in [0.29, 0.717) is 12.1 Å². The van der Waals surface area contributed by atoms with Gasteiger partial charge in [0.1, 0.15) is 5.69 Å². The van der Waals surface area contributed by atoms with E-state index in [4.69, 9.17) is 0 Å². The highest BCUT2D eigenvalue weighted by molar-refractivity contribution is 7.92. The first-order valence-electron chi connectivity index (χ1n) is 9.88. The van der Waals surface area contributed by atoms with Gasteiger partial charge < -0.3 is 5.32 Å². The molecule has 6 nitrogen and oxygen atoms in total. The second-order valence-corrected chi connectivity index (χ2v) is 10.5. The SMILES string of the molecule is Cn1nc(C(F)(F)F)cc1C(=O)NC1(C)CCC(S(=O)(=O)c2cccc(C(F)(F)F)c2)CC1. The average molecular weight is 497 g/mol. The predicted molar refractivity (Wildman–Crippen MR) is 105 cm³/mol. The number of nitrogens with one attached hydrogen (secondary N) is 1. The number of benzene rings is 1. The van der Waals surface area contributed by atoms with Crippen LogP contribution in [0.4, 0.5) is 26.3 Å². The smallest absolute Gasteiger partial charge is 0.346 e. The van der Waals surface area contributed by atoms with Gasteiger partial charge in [-0.05, 0) is 50.8 Å². The number of carbonyl (C=O) groups is 1. The third-order valence-corrected chi connectivity index (χ3v) is 8.04. The highest BCUT2D eigenvalue weighted by atomic mass is 32.2. The van der Waals surface area contributed by atoms with Crippen LogP contribution in [-0.2, 0) is 29.2 Å². The number of halogens is 6. The molecule has 33 heavy (non-hydrogen) atoms. The van der Waals surface area contributed by atoms with Crippen molar-refractivity contribution in [1.82, 2.24) is 15.1 Å². The largest absolute Gasteiger partial charge is 0.435 e. The maximum Gasteiger partial charge on any atom is 0.435 e. The van der Waals surface area contributed by atoms with Crippen molar-refractivity contribution in [1.29, 1.82) is 0 Å². The van der Waals surface area contributed by atoms with Gasteiger partial charge in [-0.25, -0.2) is 8.42 Å². The van der Waals surface area contributed by atoms with Gasteiger partial charge in [0.25, 0.3) is 5.91 Å². The number of nitrogens with zero attached hydrogens (tertiary/aromatic N) is 2. The molecule has 1 amide bonds. The summed E-state index contributed by atoms with van der Waals surface area (Å²) in [7, 11) is -2.85. The van der Waals surface area contributed by atoms with E-state index in [9.17, 15) is 39.6 Å². The van der Waals surface area contributed by atoms with E-state index in [0.717, 1.165) is 22.9 Å². The first kappa shape index (κ1) is 25.1. The highest BCUT2D eigenvalue weighted by Crippen LogP contribution is 2.36. The van der Waals surface area contributed by atoms with Gasteiger partial charge in [0.15, 0.2) is 15.5 Å². The lowest BCUT2D eigenvalue weighted by atomic mass is 9.83. The van der Waals surface area contributed by atoms with Gasteiger partial charge in [0, 0.05) is 18.7 Å². The summed E-state index contributed by atoms with van der Waals surface area (Å²) < 4.78 is 104. The topological polar surface area (TPSA) is 81.1 Å². The standard InChI is InChI=1S/C20H21F6N3O3S/c1-18(27-17(30)15-11-16(20(24,25)26)28-29(15)2)8-6-13(7-9-18)33(31,32)14-5-3-4-12(10-14)19(21,22)23/h3-5,10-11,13H,6-9H2,1-2H3,(H,27,30). The van der Waals surface area contributed by atoms with E-state index in [1.54, 1.807) is 6.92 Å². The molecule has 0 saturated heterocycles. The van der Waals surface area contributed by atoms with E-state index in [1.807, 2.05) is 0 Å². The maximum atomic E-state index is 13.0. The van der Waals surface area contributed by atoms with Crippen molar-refractivity contribution in [2.75, 3.05) is 0 Å². The summed E-state index contributed by atoms with van der Waals surface area (Å²) in [5, 5.41) is 4.99. The molecule has 1 aliphatic rings. The van der Waals surface area contributed by atoms with Crippen LogP contribution < -0.4 is 5.32 Å². The first-order chi connectivity index (χ1) is 15.0. The molecule has 1 aromatic carbocycles. The van der Waals surface area contributed by atoms with Gasteiger partial charge >= 0.3 is 12.4 Å². The van der Waals surface area contributed by atoms with Crippen molar-refractivity contribution in [3.05, 3.63) is 47.3 Å². The molecule has 0 unspecified atom stereocenters. The minimum absolute atomic E-state index is 0.0640. The van der Waals surface area contributed by atoms with E-state index in [1.165, 1.54) is 7.05 Å². The number of carbonyl (C=O) groups excluding carboxylic acids is 1. The van der Waals surface area contributed by atoms with E-state index < -0.39 is 55.0 Å². The molecule has 13 heteroatoms. The van der Waals surface area contributed by atoms with E-state index in [2.05, 4.69) is 10.4 Å². The number of hydrogen-bond acceptors (Lipinski definition) is 4. The fourth-order valence-corrected chi connectivity index (χ4v) is 5.66. The van der Waals surface area contributed by atoms with Gasteiger partial charge in [-0.15, -0.1) is 0 Å². The van der Waals surface area contributed by atoms with Crippen LogP contribution in [0, 0.1) is 0 Å². The molecule has 1 saturated carbocycles. The molecule has 0 aliphatic heterocycles. The van der Waals surface area contributed by atoms with Gasteiger partial charge in [-0.3, -0.25) is 9.48 Å². The number of alkyl halides is 6. The molecule has 2 aromatic rings. The third kappa shape index (κ3) is 5.33. The van der Waals surface area contributed by atoms with Crippen LogP contribution >= 0.6 is 0 Å². The lowest BCUT2D eigenvalue weighted by Crippen LogP contribution is -2.50. The Morgan fingerprint density at radius 2 is 1.70 bits per heavy atom. The van der Waals surface area contributed by atoms with Crippen molar-refractivity contribution in [3.8, 4) is 0 Å². The number of amides is 1. The zero-order valence-electron chi connectivity index (χ0n) is 17.6. The number of aryl methyl sites for hydroxylation is 1. The van der Waals surface area contributed by atoms with Crippen molar-refractivity contribution >= 4 is 15.7 Å². The van der Waals surface area contributed by atoms with Gasteiger partial charge in [0.05, 0.1) is 15.7 Å². The lowest BCUT2D eigenvalue weighted by molar-refractivity contribution is -0.141. The molecule has 1 aromatic heterocycles. The van der Waals surface area contributed by atoms with Gasteiger partial charge in [-0.2, -0.15) is 31.4 Å². The Kier molecular flexibility index (Phi) is 6.33. The predicted octanol–water partition coefficient (Wildman–Crippen LogP) is 4.36. The fourth-order valence-electron chi connectivity index (χ4n) is 3.86. The monoisotopic (exact) mass is 497 g/mol. The summed E-state index contributed by atoms with van der Waals surface area (Å²) in [5.74, 6) is -0.790. The van der Waals surface area contributed by atoms with Crippen LogP contribution in [-0.4, -0.2) is 34.9 Å². The van der Waals surface area contributed by atoms with Crippen LogP contribution in [0.3, 0.4) is 0 Å². The van der Waals surface area contributed by atoms with Crippen LogP contribution in [0.2, 0.25) is 0 Å². The molecule has 1 N–H and O–H groups in total. The van der Waals surface area contributed by atoms with Crippen molar-refractivity contribution < 1.29 is 39.6 Å². The minimum atomic E-state index is -4.71. The Morgan fingerprint density at radius 3 is 2.21 bits per heavy atom. The average Bonchev–Trinajstić information content (AvgIpc) is 3.10. The molecular weight excluding hydrogens is 476 g/mol. The summed E-state index contributed by atoms with van der Waals surface area (Å²) in [4.78, 5) is 12.1. The molecule has 0 spiro atoms. The molecule has 3 rings (SSSR count). The lowest BCUT2D eigenvalue weighted by Gasteiger charge is -2.37. The second-order valence-electron chi connectivity index (χ2n) is 8.32. The molecule has 1 aliphatic carbocycles. The molecule has 1 fully saturated rings. The maximum absolute atomic E-state index is 13.0. The zero-order valence-corrected chi connectivity index (χ0v) is 18.4. The summed E-state index contributed by atoms with van der Waals surface area (Å²) in [6, 6.07) is 4.16. The second kappa shape index (κ2) is 8.33. The number of hydrogen-bond donors (Lipinski definition) is 1. The van der Waals surface area contributed by atoms with Crippen LogP contribution in [0.15, 0.2) is 35.2 Å². The van der Waals surface area contributed by atoms with Crippen LogP contribution in [0.25, 0.3) is 0 Å². The molecule has 182 valence electrons. The summed E-state index contributed by atoms with van der Waals surface area (Å²) in [5.41, 5.74) is -3.48. The molecule has 0 radical (unpaired) electrons. The van der Waals surface area contributed by atoms with Crippen LogP contribution in [0.1, 0.15) is 54.4 Å². The Morgan fingerprint density at radius 1 is 1.09 bits per heavy atom. The quantitative estimate of drug-likeness (QED) is 0.637. The van der Waals surface area contributed by atoms with Crippen molar-refractivity contribution in [2.24, 2.45) is 7.05 Å². The third-order valence-electron chi connectivity index (χ3n) is 5.78. The number of rotatable bonds is 4.